The molecule has 0 saturated heterocycles. The first-order valence-corrected chi connectivity index (χ1v) is 8.69. The molecule has 0 saturated carbocycles. The second kappa shape index (κ2) is 12.0. The summed E-state index contributed by atoms with van der Waals surface area (Å²) < 4.78 is 18.8. The van der Waals surface area contributed by atoms with Gasteiger partial charge in [0.15, 0.2) is 0 Å². The van der Waals surface area contributed by atoms with Crippen molar-refractivity contribution in [3.63, 3.8) is 0 Å². The summed E-state index contributed by atoms with van der Waals surface area (Å²) in [6, 6.07) is 0. The van der Waals surface area contributed by atoms with Crippen LogP contribution in [0.15, 0.2) is 23.6 Å². The molecule has 1 atom stereocenters. The molecule has 0 fully saturated rings. The first-order chi connectivity index (χ1) is 10.2. The molecule has 0 aromatic heterocycles. The van der Waals surface area contributed by atoms with E-state index in [1.807, 2.05) is 0 Å². The minimum absolute atomic E-state index is 0.0842. The summed E-state index contributed by atoms with van der Waals surface area (Å²) in [6.45, 7) is 6.20. The highest BCUT2D eigenvalue weighted by Gasteiger charge is 2.09. The van der Waals surface area contributed by atoms with E-state index in [0.717, 1.165) is 38.0 Å². The van der Waals surface area contributed by atoms with Crippen LogP contribution in [0.5, 0.6) is 0 Å². The maximum atomic E-state index is 13.1. The van der Waals surface area contributed by atoms with E-state index >= 15 is 0 Å². The van der Waals surface area contributed by atoms with Gasteiger partial charge in [-0.1, -0.05) is 52.0 Å². The Hall–Kier alpha value is -0.630. The van der Waals surface area contributed by atoms with Crippen molar-refractivity contribution in [1.82, 2.24) is 0 Å². The third-order valence-electron chi connectivity index (χ3n) is 4.00. The Morgan fingerprint density at radius 3 is 2.67 bits per heavy atom. The Labute approximate surface area is 130 Å². The smallest absolute Gasteiger partial charge is 0.104 e. The predicted octanol–water partition coefficient (Wildman–Crippen LogP) is 6.17. The quantitative estimate of drug-likeness (QED) is 0.391. The van der Waals surface area contributed by atoms with Crippen molar-refractivity contribution in [3.05, 3.63) is 30.0 Å². The Kier molecular flexibility index (Phi) is 10.5. The molecule has 0 bridgehead atoms. The first kappa shape index (κ1) is 18.4. The van der Waals surface area contributed by atoms with Crippen LogP contribution in [0.25, 0.3) is 0 Å². The molecule has 0 aromatic carbocycles. The molecule has 0 aliphatic heterocycles. The fraction of sp³-hybridized carbons (Fsp3) is 0.737. The van der Waals surface area contributed by atoms with Crippen molar-refractivity contribution in [3.8, 4) is 0 Å². The molecule has 21 heavy (non-hydrogen) atoms. The Bertz CT molecular complexity index is 320. The molecule has 0 aromatic rings. The van der Waals surface area contributed by atoms with E-state index in [-0.39, 0.29) is 5.83 Å². The van der Waals surface area contributed by atoms with Gasteiger partial charge >= 0.3 is 0 Å². The largest absolute Gasteiger partial charge is 0.381 e. The van der Waals surface area contributed by atoms with E-state index in [2.05, 4.69) is 19.9 Å². The average Bonchev–Trinajstić information content (AvgIpc) is 2.45. The lowest BCUT2D eigenvalue weighted by molar-refractivity contribution is 0.118. The highest BCUT2D eigenvalue weighted by atomic mass is 19.1. The number of hydrogen-bond acceptors (Lipinski definition) is 1. The molecule has 1 rings (SSSR count). The number of unbranched alkanes of at least 4 members (excludes halogenated alkanes) is 5. The SMILES string of the molecule is CCCCCCCCOCCC(C)CC1=CC[CH]C(F)=C1. The standard InChI is InChI=1S/C19H32FO/c1-3-4-5-6-7-8-13-21-14-12-17(2)15-18-10-9-11-19(20)16-18/h10-11,16-17H,3-9,12-15H2,1-2H3. The molecule has 1 aliphatic rings. The molecule has 121 valence electrons. The molecular formula is C19H32FO. The van der Waals surface area contributed by atoms with E-state index in [1.54, 1.807) is 12.5 Å². The van der Waals surface area contributed by atoms with E-state index in [1.165, 1.54) is 38.5 Å². The number of ether oxygens (including phenoxy) is 1. The van der Waals surface area contributed by atoms with Crippen LogP contribution in [0, 0.1) is 12.3 Å². The van der Waals surface area contributed by atoms with Crippen LogP contribution >= 0.6 is 0 Å². The Morgan fingerprint density at radius 2 is 1.90 bits per heavy atom. The zero-order chi connectivity index (χ0) is 15.3. The summed E-state index contributed by atoms with van der Waals surface area (Å²) >= 11 is 0. The van der Waals surface area contributed by atoms with Crippen molar-refractivity contribution >= 4 is 0 Å². The molecule has 1 radical (unpaired) electrons. The van der Waals surface area contributed by atoms with Gasteiger partial charge in [0.1, 0.15) is 5.83 Å². The summed E-state index contributed by atoms with van der Waals surface area (Å²) in [5, 5.41) is 0. The first-order valence-electron chi connectivity index (χ1n) is 8.69. The fourth-order valence-corrected chi connectivity index (χ4v) is 2.64. The van der Waals surface area contributed by atoms with Gasteiger partial charge in [-0.3, -0.25) is 0 Å². The highest BCUT2D eigenvalue weighted by molar-refractivity contribution is 5.30. The van der Waals surface area contributed by atoms with Crippen LogP contribution in [0.4, 0.5) is 4.39 Å². The summed E-state index contributed by atoms with van der Waals surface area (Å²) in [4.78, 5) is 0. The molecule has 0 heterocycles. The van der Waals surface area contributed by atoms with Crippen molar-refractivity contribution in [2.45, 2.75) is 71.6 Å². The van der Waals surface area contributed by atoms with Crippen molar-refractivity contribution in [2.24, 2.45) is 5.92 Å². The van der Waals surface area contributed by atoms with Crippen LogP contribution in [0.1, 0.15) is 71.6 Å². The molecule has 1 nitrogen and oxygen atoms in total. The van der Waals surface area contributed by atoms with Gasteiger partial charge < -0.3 is 4.74 Å². The van der Waals surface area contributed by atoms with Gasteiger partial charge in [-0.15, -0.1) is 0 Å². The third kappa shape index (κ3) is 9.84. The second-order valence-electron chi connectivity index (χ2n) is 6.23. The van der Waals surface area contributed by atoms with Gasteiger partial charge in [-0.25, -0.2) is 4.39 Å². The van der Waals surface area contributed by atoms with Gasteiger partial charge in [0.2, 0.25) is 0 Å². The summed E-state index contributed by atoms with van der Waals surface area (Å²) in [6.07, 6.45) is 16.0. The second-order valence-corrected chi connectivity index (χ2v) is 6.23. The molecule has 0 spiro atoms. The van der Waals surface area contributed by atoms with Crippen molar-refractivity contribution in [2.75, 3.05) is 13.2 Å². The lowest BCUT2D eigenvalue weighted by Crippen LogP contribution is -2.05. The van der Waals surface area contributed by atoms with Gasteiger partial charge in [0, 0.05) is 19.6 Å². The maximum Gasteiger partial charge on any atom is 0.104 e. The molecule has 1 aliphatic carbocycles. The minimum Gasteiger partial charge on any atom is -0.381 e. The van der Waals surface area contributed by atoms with Crippen LogP contribution < -0.4 is 0 Å². The third-order valence-corrected chi connectivity index (χ3v) is 4.00. The molecule has 2 heteroatoms. The number of hydrogen-bond donors (Lipinski definition) is 0. The average molecular weight is 295 g/mol. The normalized spacial score (nSPS) is 16.5. The van der Waals surface area contributed by atoms with Crippen LogP contribution in [0.2, 0.25) is 0 Å². The molecule has 1 unspecified atom stereocenters. The zero-order valence-electron chi connectivity index (χ0n) is 13.9. The highest BCUT2D eigenvalue weighted by Crippen LogP contribution is 2.23. The summed E-state index contributed by atoms with van der Waals surface area (Å²) in [5.74, 6) is 0.474. The lowest BCUT2D eigenvalue weighted by Gasteiger charge is -2.14. The van der Waals surface area contributed by atoms with E-state index in [0.29, 0.717) is 5.92 Å². The number of allylic oxidation sites excluding steroid dienone is 4. The summed E-state index contributed by atoms with van der Waals surface area (Å²) in [7, 11) is 0. The molecular weight excluding hydrogens is 263 g/mol. The fourth-order valence-electron chi connectivity index (χ4n) is 2.64. The van der Waals surface area contributed by atoms with E-state index in [4.69, 9.17) is 4.74 Å². The van der Waals surface area contributed by atoms with Crippen molar-refractivity contribution in [1.29, 1.82) is 0 Å². The maximum absolute atomic E-state index is 13.1. The van der Waals surface area contributed by atoms with Gasteiger partial charge in [-0.05, 0) is 43.3 Å². The van der Waals surface area contributed by atoms with E-state index < -0.39 is 0 Å². The van der Waals surface area contributed by atoms with Gasteiger partial charge in [-0.2, -0.15) is 0 Å². The molecule has 0 amide bonds. The zero-order valence-corrected chi connectivity index (χ0v) is 13.9. The van der Waals surface area contributed by atoms with Crippen LogP contribution in [-0.2, 0) is 4.74 Å². The number of rotatable bonds is 12. The Balaban J connectivity index is 1.94. The van der Waals surface area contributed by atoms with Crippen molar-refractivity contribution < 1.29 is 9.13 Å². The minimum atomic E-state index is -0.0842. The number of halogens is 1. The molecule has 0 N–H and O–H groups in total. The van der Waals surface area contributed by atoms with Crippen LogP contribution in [0.3, 0.4) is 0 Å². The van der Waals surface area contributed by atoms with Gasteiger partial charge in [0.25, 0.3) is 0 Å². The predicted molar refractivity (Wildman–Crippen MR) is 88.8 cm³/mol. The van der Waals surface area contributed by atoms with E-state index in [9.17, 15) is 4.39 Å². The topological polar surface area (TPSA) is 9.23 Å². The van der Waals surface area contributed by atoms with Crippen LogP contribution in [-0.4, -0.2) is 13.2 Å². The lowest BCUT2D eigenvalue weighted by atomic mass is 9.94. The Morgan fingerprint density at radius 1 is 1.14 bits per heavy atom. The monoisotopic (exact) mass is 295 g/mol. The van der Waals surface area contributed by atoms with Gasteiger partial charge in [0.05, 0.1) is 0 Å². The summed E-state index contributed by atoms with van der Waals surface area (Å²) in [5.41, 5.74) is 1.14.